The molecule has 25 heavy (non-hydrogen) atoms. The van der Waals surface area contributed by atoms with Crippen molar-refractivity contribution >= 4 is 38.2 Å². The second-order valence-corrected chi connectivity index (χ2v) is 30.3. The quantitative estimate of drug-likeness (QED) is 0.332. The number of thioether (sulfide) groups is 1. The number of hydrogen-bond acceptors (Lipinski definition) is 3. The van der Waals surface area contributed by atoms with E-state index >= 15 is 0 Å². The molecule has 0 spiro atoms. The van der Waals surface area contributed by atoms with E-state index in [1.165, 1.54) is 17.7 Å². The Hall–Kier alpha value is 0.246. The Labute approximate surface area is 163 Å². The Bertz CT molecular complexity index is 570. The molecular weight excluding hydrogens is 451 g/mol. The molecule has 1 aromatic carbocycles. The van der Waals surface area contributed by atoms with Crippen molar-refractivity contribution in [1.82, 2.24) is 0 Å². The second-order valence-electron chi connectivity index (χ2n) is 8.83. The van der Waals surface area contributed by atoms with E-state index in [1.54, 1.807) is 8.12 Å². The molecule has 1 aliphatic heterocycles. The number of hydrogen-bond donors (Lipinski definition) is 0. The normalized spacial score (nSPS) is 20.3. The molecule has 2 rings (SSSR count). The predicted molar refractivity (Wildman–Crippen MR) is 116 cm³/mol. The summed E-state index contributed by atoms with van der Waals surface area (Å²) in [5, 5.41) is 1.61. The van der Waals surface area contributed by atoms with Crippen molar-refractivity contribution in [2.75, 3.05) is 13.2 Å². The van der Waals surface area contributed by atoms with Gasteiger partial charge in [-0.15, -0.1) is 0 Å². The number of benzene rings is 1. The fourth-order valence-corrected chi connectivity index (χ4v) is 18.3. The molecule has 0 N–H and O–H groups in total. The average molecular weight is 485 g/mol. The first kappa shape index (κ1) is 21.5. The van der Waals surface area contributed by atoms with Gasteiger partial charge in [-0.2, -0.15) is 0 Å². The monoisotopic (exact) mass is 486 g/mol. The maximum atomic E-state index is 6.26. The fraction of sp³-hybridized carbons (Fsp3) is 0.600. The van der Waals surface area contributed by atoms with Crippen molar-refractivity contribution in [2.45, 2.75) is 64.9 Å². The summed E-state index contributed by atoms with van der Waals surface area (Å²) in [5.74, 6) is 0. The van der Waals surface area contributed by atoms with Crippen LogP contribution in [-0.2, 0) is 9.47 Å². The molecule has 0 saturated carbocycles. The van der Waals surface area contributed by atoms with Crippen LogP contribution in [-0.4, -0.2) is 46.0 Å². The molecule has 1 aromatic rings. The summed E-state index contributed by atoms with van der Waals surface area (Å²) < 4.78 is 13.7. The van der Waals surface area contributed by atoms with Crippen molar-refractivity contribution in [3.05, 3.63) is 38.4 Å². The first-order valence-electron chi connectivity index (χ1n) is 9.38. The Kier molecular flexibility index (Phi) is 8.14. The minimum absolute atomic E-state index is 0.00163. The van der Waals surface area contributed by atoms with E-state index in [0.29, 0.717) is 0 Å². The topological polar surface area (TPSA) is 18.5 Å². The molecule has 0 bridgehead atoms. The van der Waals surface area contributed by atoms with Crippen molar-refractivity contribution in [2.24, 2.45) is 0 Å². The summed E-state index contributed by atoms with van der Waals surface area (Å²) in [5.41, 5.74) is 0. The van der Waals surface area contributed by atoms with E-state index in [0.717, 1.165) is 19.6 Å². The molecule has 0 amide bonds. The Balaban J connectivity index is 2.29. The molecular formula is C20H34O2SSiSn. The fourth-order valence-electron chi connectivity index (χ4n) is 2.92. The molecule has 1 atom stereocenters. The zero-order valence-electron chi connectivity index (χ0n) is 16.7. The zero-order chi connectivity index (χ0) is 18.5. The van der Waals surface area contributed by atoms with Gasteiger partial charge in [0.15, 0.2) is 0 Å². The van der Waals surface area contributed by atoms with Gasteiger partial charge in [0.05, 0.1) is 0 Å². The van der Waals surface area contributed by atoms with E-state index in [-0.39, 0.29) is 6.29 Å². The second kappa shape index (κ2) is 9.44. The van der Waals surface area contributed by atoms with Crippen LogP contribution >= 0.6 is 11.8 Å². The van der Waals surface area contributed by atoms with Crippen LogP contribution in [0.5, 0.6) is 0 Å². The van der Waals surface area contributed by atoms with Crippen LogP contribution in [0.4, 0.5) is 0 Å². The molecule has 1 saturated heterocycles. The van der Waals surface area contributed by atoms with Gasteiger partial charge in [0.25, 0.3) is 0 Å². The Morgan fingerprint density at radius 2 is 1.84 bits per heavy atom. The van der Waals surface area contributed by atoms with Crippen molar-refractivity contribution in [3.8, 4) is 0 Å². The van der Waals surface area contributed by atoms with Gasteiger partial charge in [-0.3, -0.25) is 0 Å². The first-order chi connectivity index (χ1) is 11.7. The van der Waals surface area contributed by atoms with E-state index < -0.39 is 26.5 Å². The molecule has 0 radical (unpaired) electrons. The van der Waals surface area contributed by atoms with Crippen LogP contribution < -0.4 is 0 Å². The van der Waals surface area contributed by atoms with Crippen LogP contribution in [0.25, 0.3) is 0 Å². The van der Waals surface area contributed by atoms with Crippen LogP contribution in [0.15, 0.2) is 43.3 Å². The van der Waals surface area contributed by atoms with Gasteiger partial charge < -0.3 is 0 Å². The third-order valence-electron chi connectivity index (χ3n) is 4.38. The number of rotatable bonds is 7. The SMILES string of the molecule is C[Si](C)(C)/C(COC1CCCCO1)=[C](/Sc1ccccc1)[Sn]([CH3])([CH3])[CH3]. The molecule has 2 nitrogen and oxygen atoms in total. The molecule has 1 aliphatic rings. The summed E-state index contributed by atoms with van der Waals surface area (Å²) in [6.07, 6.45) is 3.43. The van der Waals surface area contributed by atoms with E-state index in [4.69, 9.17) is 9.47 Å². The van der Waals surface area contributed by atoms with Gasteiger partial charge >= 0.3 is 164 Å². The zero-order valence-corrected chi connectivity index (χ0v) is 21.4. The van der Waals surface area contributed by atoms with Gasteiger partial charge in [0.1, 0.15) is 0 Å². The molecule has 0 aliphatic carbocycles. The van der Waals surface area contributed by atoms with Gasteiger partial charge in [0.2, 0.25) is 0 Å². The Morgan fingerprint density at radius 3 is 2.36 bits per heavy atom. The third-order valence-corrected chi connectivity index (χ3v) is 18.2. The van der Waals surface area contributed by atoms with Crippen LogP contribution in [0, 0.1) is 0 Å². The predicted octanol–water partition coefficient (Wildman–Crippen LogP) is 6.33. The van der Waals surface area contributed by atoms with Crippen molar-refractivity contribution in [3.63, 3.8) is 0 Å². The maximum absolute atomic E-state index is 6.26. The van der Waals surface area contributed by atoms with E-state index in [1.807, 2.05) is 11.8 Å². The Morgan fingerprint density at radius 1 is 1.16 bits per heavy atom. The van der Waals surface area contributed by atoms with Crippen LogP contribution in [0.3, 0.4) is 0 Å². The summed E-state index contributed by atoms with van der Waals surface area (Å²) in [7, 11) is -1.47. The average Bonchev–Trinajstić information content (AvgIpc) is 2.54. The molecule has 1 fully saturated rings. The summed E-state index contributed by atoms with van der Waals surface area (Å²) in [6, 6.07) is 10.8. The van der Waals surface area contributed by atoms with Gasteiger partial charge in [-0.05, 0) is 0 Å². The number of ether oxygens (including phenoxy) is 2. The molecule has 1 unspecified atom stereocenters. The summed E-state index contributed by atoms with van der Waals surface area (Å²) in [4.78, 5) is 8.93. The standard InChI is InChI=1S/C17H25O2SSi.3CH3.Sn/c1-21(2,3)16(13-19-17-11-7-8-12-18-17)14-20-15-9-5-4-6-10-15;;;;/h4-6,9-10,17H,7-8,11-13H2,1-3H3;3*1H3;. The van der Waals surface area contributed by atoms with Crippen LogP contribution in [0.1, 0.15) is 19.3 Å². The van der Waals surface area contributed by atoms with Crippen LogP contribution in [0.2, 0.25) is 34.5 Å². The first-order valence-corrected chi connectivity index (χ1v) is 23.7. The summed E-state index contributed by atoms with van der Waals surface area (Å²) in [6.45, 7) is 8.97. The molecule has 0 aromatic heterocycles. The van der Waals surface area contributed by atoms with E-state index in [2.05, 4.69) is 64.8 Å². The third kappa shape index (κ3) is 7.05. The van der Waals surface area contributed by atoms with E-state index in [9.17, 15) is 0 Å². The van der Waals surface area contributed by atoms with Crippen molar-refractivity contribution in [1.29, 1.82) is 0 Å². The van der Waals surface area contributed by atoms with Gasteiger partial charge in [-0.25, -0.2) is 0 Å². The molecule has 1 heterocycles. The van der Waals surface area contributed by atoms with Gasteiger partial charge in [-0.1, -0.05) is 0 Å². The summed E-state index contributed by atoms with van der Waals surface area (Å²) >= 11 is -0.276. The minimum atomic E-state index is -2.28. The van der Waals surface area contributed by atoms with Crippen molar-refractivity contribution < 1.29 is 9.47 Å². The molecule has 5 heteroatoms. The van der Waals surface area contributed by atoms with Gasteiger partial charge in [0, 0.05) is 0 Å². The molecule has 140 valence electrons.